The van der Waals surface area contributed by atoms with Crippen molar-refractivity contribution in [3.63, 3.8) is 0 Å². The van der Waals surface area contributed by atoms with Gasteiger partial charge in [-0.1, -0.05) is 0 Å². The Morgan fingerprint density at radius 1 is 0.850 bits per heavy atom. The maximum Gasteiger partial charge on any atom is 0.417 e. The number of benzene rings is 2. The molecule has 6 heterocycles. The lowest BCUT2D eigenvalue weighted by atomic mass is 9.98. The van der Waals surface area contributed by atoms with Crippen molar-refractivity contribution >= 4 is 46.9 Å². The van der Waals surface area contributed by atoms with Crippen molar-refractivity contribution < 1.29 is 46.3 Å². The van der Waals surface area contributed by atoms with E-state index < -0.39 is 52.8 Å². The molecule has 2 N–H and O–H groups in total. The molecule has 0 saturated carbocycles. The third-order valence-corrected chi connectivity index (χ3v) is 11.9. The zero-order valence-electron chi connectivity index (χ0n) is 32.3. The number of nitrogens with zero attached hydrogens (tertiary/aromatic N) is 7. The van der Waals surface area contributed by atoms with E-state index >= 15 is 4.39 Å². The second kappa shape index (κ2) is 16.4. The summed E-state index contributed by atoms with van der Waals surface area (Å²) in [7, 11) is 0. The van der Waals surface area contributed by atoms with E-state index in [1.54, 1.807) is 34.2 Å². The Hall–Kier alpha value is -6.29. The van der Waals surface area contributed by atoms with Crippen LogP contribution in [0.1, 0.15) is 70.4 Å². The third-order valence-electron chi connectivity index (χ3n) is 11.9. The first kappa shape index (κ1) is 40.5. The average molecular weight is 832 g/mol. The molecule has 1 atom stereocenters. The predicted octanol–water partition coefficient (Wildman–Crippen LogP) is 4.38. The summed E-state index contributed by atoms with van der Waals surface area (Å²) >= 11 is 0. The number of halogens is 4. The molecule has 1 aromatic heterocycles. The van der Waals surface area contributed by atoms with Gasteiger partial charge in [0.2, 0.25) is 11.8 Å². The predicted molar refractivity (Wildman–Crippen MR) is 207 cm³/mol. The molecule has 2 aromatic carbocycles. The zero-order valence-corrected chi connectivity index (χ0v) is 32.3. The van der Waals surface area contributed by atoms with Gasteiger partial charge in [0.15, 0.2) is 0 Å². The molecular weight excluding hydrogens is 790 g/mol. The molecule has 15 nitrogen and oxygen atoms in total. The lowest BCUT2D eigenvalue weighted by Gasteiger charge is -2.42. The van der Waals surface area contributed by atoms with E-state index in [1.165, 1.54) is 12.1 Å². The number of hydrogen-bond donors (Lipinski definition) is 2. The number of likely N-dealkylation sites (tertiary alicyclic amines) is 1. The topological polar surface area (TPSA) is 172 Å². The number of nitriles is 1. The lowest BCUT2D eigenvalue weighted by Crippen LogP contribution is -2.54. The summed E-state index contributed by atoms with van der Waals surface area (Å²) < 4.78 is 62.0. The van der Waals surface area contributed by atoms with E-state index in [9.17, 15) is 37.1 Å². The van der Waals surface area contributed by atoms with Gasteiger partial charge in [0, 0.05) is 70.5 Å². The molecule has 4 fully saturated rings. The average Bonchev–Trinajstić information content (AvgIpc) is 3.48. The zero-order chi connectivity index (χ0) is 42.3. The number of piperidine rings is 3. The lowest BCUT2D eigenvalue weighted by molar-refractivity contribution is -0.138. The number of nitrogens with one attached hydrogen (secondary N) is 2. The molecule has 314 valence electrons. The van der Waals surface area contributed by atoms with Crippen LogP contribution in [-0.2, 0) is 15.8 Å². The number of fused-ring (bicyclic) bond motifs is 1. The van der Waals surface area contributed by atoms with Crippen LogP contribution in [-0.4, -0.2) is 120 Å². The second-order valence-corrected chi connectivity index (χ2v) is 15.5. The van der Waals surface area contributed by atoms with Crippen molar-refractivity contribution in [2.75, 3.05) is 67.5 Å². The van der Waals surface area contributed by atoms with Crippen molar-refractivity contribution in [2.45, 2.75) is 62.9 Å². The standard InChI is InChI=1S/C41H41F4N9O6/c42-32-20-29-30(39(58)54(38(29)57)33-4-6-36(55)49-37(33)56)21-34(32)52-11-7-25(8-12-52)50-13-9-27(10-14-50)60-28-3-5-35(47-23-28)48-40(59)53-17-15-51(16-18-53)26-2-1-24(22-46)31(19-26)41(43,44)45/h1-3,5,19-21,23,25,27,33H,4,6-18H2,(H,47,48,59)(H,49,55,56). The molecule has 0 radical (unpaired) electrons. The minimum absolute atomic E-state index is 0.00365. The van der Waals surface area contributed by atoms with Crippen molar-refractivity contribution in [1.29, 1.82) is 5.26 Å². The molecule has 1 unspecified atom stereocenters. The SMILES string of the molecule is N#Cc1ccc(N2CCN(C(=O)Nc3ccc(OC4CCN(C5CCN(c6cc7c(cc6F)C(=O)N(C6CCC(=O)NC6=O)C7=O)CC5)CC4)cn3)CC2)cc1C(F)(F)F. The fourth-order valence-corrected chi connectivity index (χ4v) is 8.69. The Bertz CT molecular complexity index is 2240. The minimum atomic E-state index is -4.65. The molecule has 5 aliphatic heterocycles. The molecule has 8 rings (SSSR count). The van der Waals surface area contributed by atoms with Crippen LogP contribution in [0.2, 0.25) is 0 Å². The van der Waals surface area contributed by atoms with Crippen molar-refractivity contribution in [3.8, 4) is 11.8 Å². The quantitative estimate of drug-likeness (QED) is 0.256. The highest BCUT2D eigenvalue weighted by Crippen LogP contribution is 2.36. The van der Waals surface area contributed by atoms with Gasteiger partial charge in [0.05, 0.1) is 40.2 Å². The van der Waals surface area contributed by atoms with E-state index in [0.717, 1.165) is 61.9 Å². The Labute approximate surface area is 341 Å². The van der Waals surface area contributed by atoms with Gasteiger partial charge in [0.1, 0.15) is 29.5 Å². The van der Waals surface area contributed by atoms with Crippen LogP contribution >= 0.6 is 0 Å². The summed E-state index contributed by atoms with van der Waals surface area (Å²) in [5, 5.41) is 14.0. The van der Waals surface area contributed by atoms with E-state index in [1.807, 2.05) is 4.90 Å². The Balaban J connectivity index is 0.773. The number of alkyl halides is 3. The Kier molecular flexibility index (Phi) is 11.1. The molecule has 19 heteroatoms. The molecular formula is C41H41F4N9O6. The fraction of sp³-hybridized carbons (Fsp3) is 0.439. The number of hydrogen-bond acceptors (Lipinski definition) is 11. The molecule has 0 bridgehead atoms. The smallest absolute Gasteiger partial charge is 0.417 e. The number of carbonyl (C=O) groups excluding carboxylic acids is 5. The van der Waals surface area contributed by atoms with Gasteiger partial charge >= 0.3 is 12.2 Å². The highest BCUT2D eigenvalue weighted by molar-refractivity contribution is 6.23. The van der Waals surface area contributed by atoms with Gasteiger partial charge in [-0.25, -0.2) is 14.2 Å². The summed E-state index contributed by atoms with van der Waals surface area (Å²) in [6.45, 7) is 3.88. The van der Waals surface area contributed by atoms with Crippen LogP contribution in [0.25, 0.3) is 0 Å². The summed E-state index contributed by atoms with van der Waals surface area (Å²) in [5.41, 5.74) is -0.903. The molecule has 60 heavy (non-hydrogen) atoms. The number of imide groups is 2. The summed E-state index contributed by atoms with van der Waals surface area (Å²) in [4.78, 5) is 76.1. The highest BCUT2D eigenvalue weighted by Gasteiger charge is 2.45. The van der Waals surface area contributed by atoms with Crippen LogP contribution in [0.5, 0.6) is 5.75 Å². The number of urea groups is 1. The number of aromatic nitrogens is 1. The number of piperazine rings is 1. The van der Waals surface area contributed by atoms with Gasteiger partial charge in [0.25, 0.3) is 11.8 Å². The fourth-order valence-electron chi connectivity index (χ4n) is 8.69. The minimum Gasteiger partial charge on any atom is -0.489 e. The van der Waals surface area contributed by atoms with Crippen LogP contribution in [0.3, 0.4) is 0 Å². The first-order valence-corrected chi connectivity index (χ1v) is 19.9. The van der Waals surface area contributed by atoms with Crippen LogP contribution in [0, 0.1) is 17.1 Å². The van der Waals surface area contributed by atoms with Crippen LogP contribution < -0.4 is 25.2 Å². The summed E-state index contributed by atoms with van der Waals surface area (Å²) in [6.07, 6.45) is -0.0296. The summed E-state index contributed by atoms with van der Waals surface area (Å²) in [6, 6.07) is 9.82. The molecule has 4 saturated heterocycles. The molecule has 6 amide bonds. The number of pyridine rings is 1. The van der Waals surface area contributed by atoms with E-state index in [0.29, 0.717) is 43.4 Å². The molecule has 3 aromatic rings. The van der Waals surface area contributed by atoms with Crippen LogP contribution in [0.15, 0.2) is 48.7 Å². The van der Waals surface area contributed by atoms with E-state index in [4.69, 9.17) is 10.00 Å². The highest BCUT2D eigenvalue weighted by atomic mass is 19.4. The maximum absolute atomic E-state index is 15.4. The van der Waals surface area contributed by atoms with E-state index in [2.05, 4.69) is 20.5 Å². The van der Waals surface area contributed by atoms with Crippen LogP contribution in [0.4, 0.5) is 39.5 Å². The first-order chi connectivity index (χ1) is 28.8. The largest absolute Gasteiger partial charge is 0.489 e. The van der Waals surface area contributed by atoms with Gasteiger partial charge in [-0.3, -0.25) is 39.6 Å². The van der Waals surface area contributed by atoms with Gasteiger partial charge in [-0.15, -0.1) is 0 Å². The number of carbonyl (C=O) groups is 5. The third kappa shape index (κ3) is 8.15. The van der Waals surface area contributed by atoms with Crippen molar-refractivity contribution in [3.05, 3.63) is 76.7 Å². The monoisotopic (exact) mass is 831 g/mol. The molecule has 0 aliphatic carbocycles. The van der Waals surface area contributed by atoms with Crippen molar-refractivity contribution in [1.82, 2.24) is 25.0 Å². The number of rotatable bonds is 7. The normalized spacial score (nSPS) is 20.9. The first-order valence-electron chi connectivity index (χ1n) is 19.9. The summed E-state index contributed by atoms with van der Waals surface area (Å²) in [5.74, 6) is -2.34. The van der Waals surface area contributed by atoms with E-state index in [-0.39, 0.29) is 60.9 Å². The second-order valence-electron chi connectivity index (χ2n) is 15.5. The number of amides is 6. The van der Waals surface area contributed by atoms with Gasteiger partial charge in [-0.2, -0.15) is 18.4 Å². The number of anilines is 3. The Morgan fingerprint density at radius 2 is 1.55 bits per heavy atom. The molecule has 5 aliphatic rings. The molecule has 0 spiro atoms. The maximum atomic E-state index is 15.4. The van der Waals surface area contributed by atoms with Gasteiger partial charge in [-0.05, 0) is 74.6 Å². The Morgan fingerprint density at radius 3 is 2.18 bits per heavy atom. The van der Waals surface area contributed by atoms with Crippen molar-refractivity contribution in [2.24, 2.45) is 0 Å². The van der Waals surface area contributed by atoms with Gasteiger partial charge < -0.3 is 19.4 Å². The number of ether oxygens (including phenoxy) is 1.